The molecule has 0 bridgehead atoms. The van der Waals surface area contributed by atoms with Crippen LogP contribution in [-0.4, -0.2) is 93.1 Å². The predicted octanol–water partition coefficient (Wildman–Crippen LogP) is 7.91. The number of piperazine rings is 1. The van der Waals surface area contributed by atoms with Gasteiger partial charge < -0.3 is 20.3 Å². The van der Waals surface area contributed by atoms with Crippen LogP contribution < -0.4 is 20.3 Å². The van der Waals surface area contributed by atoms with Gasteiger partial charge in [0.05, 0.1) is 29.9 Å². The fraction of sp³-hybridized carbons (Fsp3) is 0.286. The molecule has 6 aromatic rings. The van der Waals surface area contributed by atoms with Crippen LogP contribution >= 0.6 is 11.9 Å². The molecule has 0 spiro atoms. The molecule has 1 amide bonds. The Balaban J connectivity index is 1.04. The fourth-order valence-corrected chi connectivity index (χ4v) is 8.26. The highest BCUT2D eigenvalue weighted by Crippen LogP contribution is 2.37. The van der Waals surface area contributed by atoms with Crippen molar-refractivity contribution in [2.75, 3.05) is 68.2 Å². The van der Waals surface area contributed by atoms with E-state index in [4.69, 9.17) is 14.7 Å². The summed E-state index contributed by atoms with van der Waals surface area (Å²) in [5.41, 5.74) is 5.86. The number of para-hydroxylation sites is 1. The Morgan fingerprint density at radius 1 is 0.893 bits per heavy atom. The summed E-state index contributed by atoms with van der Waals surface area (Å²) in [5.74, 6) is -1.32. The van der Waals surface area contributed by atoms with Crippen molar-refractivity contribution in [2.24, 2.45) is 0 Å². The van der Waals surface area contributed by atoms with Crippen LogP contribution in [0.3, 0.4) is 0 Å². The largest absolute Gasteiger partial charge is 0.494 e. The Morgan fingerprint density at radius 3 is 2.41 bits per heavy atom. The zero-order valence-corrected chi connectivity index (χ0v) is 32.3. The van der Waals surface area contributed by atoms with Crippen LogP contribution in [-0.2, 0) is 0 Å². The lowest BCUT2D eigenvalue weighted by Gasteiger charge is -2.43. The molecule has 3 aromatic heterocycles. The fourth-order valence-electron chi connectivity index (χ4n) is 7.73. The van der Waals surface area contributed by atoms with Crippen LogP contribution in [0, 0.1) is 18.6 Å². The smallest absolute Gasteiger partial charge is 0.255 e. The average Bonchev–Trinajstić information content (AvgIpc) is 3.62. The molecule has 2 saturated heterocycles. The molecular formula is C42H43F2N9O2S. The third kappa shape index (κ3) is 7.64. The maximum atomic E-state index is 14.3. The number of nitrogens with one attached hydrogen (secondary N) is 2. The number of nitrogens with zero attached hydrogens (tertiary/aromatic N) is 7. The molecule has 0 unspecified atom stereocenters. The number of pyridine rings is 1. The van der Waals surface area contributed by atoms with Crippen molar-refractivity contribution in [2.45, 2.75) is 25.8 Å². The molecule has 14 heteroatoms. The third-order valence-corrected chi connectivity index (χ3v) is 11.5. The lowest BCUT2D eigenvalue weighted by molar-refractivity contribution is 0.102. The van der Waals surface area contributed by atoms with E-state index < -0.39 is 23.2 Å². The van der Waals surface area contributed by atoms with Crippen molar-refractivity contribution in [1.82, 2.24) is 28.6 Å². The van der Waals surface area contributed by atoms with Gasteiger partial charge in [-0.3, -0.25) is 14.1 Å². The van der Waals surface area contributed by atoms with E-state index in [2.05, 4.69) is 55.0 Å². The molecule has 288 valence electrons. The molecule has 2 fully saturated rings. The molecule has 2 aliphatic heterocycles. The zero-order valence-electron chi connectivity index (χ0n) is 31.5. The van der Waals surface area contributed by atoms with E-state index in [0.717, 1.165) is 81.2 Å². The normalized spacial score (nSPS) is 15.6. The Morgan fingerprint density at radius 2 is 1.66 bits per heavy atom. The molecule has 5 heterocycles. The van der Waals surface area contributed by atoms with Gasteiger partial charge >= 0.3 is 0 Å². The molecule has 56 heavy (non-hydrogen) atoms. The maximum Gasteiger partial charge on any atom is 0.255 e. The number of ether oxygens (including phenoxy) is 1. The predicted molar refractivity (Wildman–Crippen MR) is 219 cm³/mol. The number of carbonyl (C=O) groups is 1. The first kappa shape index (κ1) is 37.4. The molecule has 2 N–H and O–H groups in total. The highest BCUT2D eigenvalue weighted by Gasteiger charge is 2.28. The topological polar surface area (TPSA) is 103 Å². The Kier molecular flexibility index (Phi) is 10.9. The first-order chi connectivity index (χ1) is 27.3. The molecule has 3 aromatic carbocycles. The van der Waals surface area contributed by atoms with Gasteiger partial charge in [-0.15, -0.1) is 0 Å². The van der Waals surface area contributed by atoms with Crippen molar-refractivity contribution in [3.05, 3.63) is 114 Å². The number of halogens is 2. The van der Waals surface area contributed by atoms with E-state index >= 15 is 0 Å². The molecule has 8 rings (SSSR count). The van der Waals surface area contributed by atoms with Gasteiger partial charge in [-0.05, 0) is 80.1 Å². The summed E-state index contributed by atoms with van der Waals surface area (Å²) in [4.78, 5) is 32.8. The number of hydrogen-bond donors (Lipinski definition) is 2. The standard InChI is InChI=1S/C42H43F2N9O2S/c1-27-24-34(36(55-2)26-35(27)51-18-14-30(15-19-51)50-20-22-52(56-3)23-21-50)47-42-45-16-13-33(46-42)40-38(48-37-12-4-5-17-53(37)40)28-8-6-9-29(25-28)41(54)49-39-31(43)10-7-11-32(39)44/h4-13,16-17,24-26,30H,14-15,18-23H2,1-3H3,(H,49,54)(H,45,46,47). The van der Waals surface area contributed by atoms with E-state index in [1.165, 1.54) is 6.07 Å². The van der Waals surface area contributed by atoms with Crippen molar-refractivity contribution in [3.63, 3.8) is 0 Å². The van der Waals surface area contributed by atoms with Crippen molar-refractivity contribution in [3.8, 4) is 28.4 Å². The summed E-state index contributed by atoms with van der Waals surface area (Å²) in [6.45, 7) is 8.62. The van der Waals surface area contributed by atoms with Crippen LogP contribution in [0.25, 0.3) is 28.3 Å². The number of fused-ring (bicyclic) bond motifs is 1. The minimum atomic E-state index is -0.860. The molecule has 11 nitrogen and oxygen atoms in total. The second kappa shape index (κ2) is 16.3. The number of aryl methyl sites for hydroxylation is 1. The van der Waals surface area contributed by atoms with E-state index in [1.807, 2.05) is 46.8 Å². The minimum Gasteiger partial charge on any atom is -0.494 e. The maximum absolute atomic E-state index is 14.3. The number of carbonyl (C=O) groups excluding carboxylic acids is 1. The number of aromatic nitrogens is 4. The third-order valence-electron chi connectivity index (χ3n) is 10.6. The van der Waals surface area contributed by atoms with Crippen molar-refractivity contribution >= 4 is 46.5 Å². The SMILES string of the molecule is COc1cc(N2CCC(N3CCN(SC)CC3)CC2)c(C)cc1Nc1nccc(-c2c(-c3cccc(C(=O)Nc4c(F)cccc4F)c3)nc3ccccn23)n1. The van der Waals surface area contributed by atoms with E-state index in [0.29, 0.717) is 46.0 Å². The van der Waals surface area contributed by atoms with Crippen LogP contribution in [0.4, 0.5) is 31.8 Å². The van der Waals surface area contributed by atoms with Gasteiger partial charge in [0.15, 0.2) is 0 Å². The zero-order chi connectivity index (χ0) is 38.8. The summed E-state index contributed by atoms with van der Waals surface area (Å²) in [5, 5.41) is 5.77. The van der Waals surface area contributed by atoms with Crippen LogP contribution in [0.2, 0.25) is 0 Å². The number of imidazole rings is 1. The van der Waals surface area contributed by atoms with Crippen LogP contribution in [0.15, 0.2) is 91.3 Å². The van der Waals surface area contributed by atoms with Gasteiger partial charge in [0.2, 0.25) is 5.95 Å². The first-order valence-corrected chi connectivity index (χ1v) is 19.9. The number of methoxy groups -OCH3 is 1. The van der Waals surface area contributed by atoms with Gasteiger partial charge in [-0.1, -0.05) is 36.2 Å². The molecular weight excluding hydrogens is 733 g/mol. The quantitative estimate of drug-likeness (QED) is 0.134. The van der Waals surface area contributed by atoms with Gasteiger partial charge in [-0.25, -0.2) is 28.0 Å². The number of hydrogen-bond acceptors (Lipinski definition) is 10. The van der Waals surface area contributed by atoms with Gasteiger partial charge in [0, 0.05) is 80.6 Å². The highest BCUT2D eigenvalue weighted by molar-refractivity contribution is 7.96. The van der Waals surface area contributed by atoms with Gasteiger partial charge in [-0.2, -0.15) is 0 Å². The summed E-state index contributed by atoms with van der Waals surface area (Å²) in [7, 11) is 1.67. The molecule has 0 radical (unpaired) electrons. The minimum absolute atomic E-state index is 0.207. The van der Waals surface area contributed by atoms with E-state index in [-0.39, 0.29) is 5.56 Å². The number of benzene rings is 3. The summed E-state index contributed by atoms with van der Waals surface area (Å²) >= 11 is 1.84. The van der Waals surface area contributed by atoms with Crippen LogP contribution in [0.5, 0.6) is 5.75 Å². The summed E-state index contributed by atoms with van der Waals surface area (Å²) in [6, 6.07) is 22.5. The van der Waals surface area contributed by atoms with Crippen molar-refractivity contribution < 1.29 is 18.3 Å². The second-order valence-electron chi connectivity index (χ2n) is 14.0. The summed E-state index contributed by atoms with van der Waals surface area (Å²) in [6.07, 6.45) is 8.01. The highest BCUT2D eigenvalue weighted by atomic mass is 32.2. The van der Waals surface area contributed by atoms with Gasteiger partial charge in [0.25, 0.3) is 5.91 Å². The van der Waals surface area contributed by atoms with E-state index in [9.17, 15) is 13.6 Å². The second-order valence-corrected chi connectivity index (χ2v) is 14.8. The number of rotatable bonds is 10. The molecule has 0 atom stereocenters. The lowest BCUT2D eigenvalue weighted by atomic mass is 10.0. The average molecular weight is 776 g/mol. The van der Waals surface area contributed by atoms with Gasteiger partial charge in [0.1, 0.15) is 28.7 Å². The first-order valence-electron chi connectivity index (χ1n) is 18.7. The van der Waals surface area contributed by atoms with Crippen molar-refractivity contribution in [1.29, 1.82) is 0 Å². The monoisotopic (exact) mass is 775 g/mol. The Bertz CT molecular complexity index is 2350. The molecule has 0 aliphatic carbocycles. The summed E-state index contributed by atoms with van der Waals surface area (Å²) < 4.78 is 39.0. The number of anilines is 4. The number of piperidine rings is 1. The van der Waals surface area contributed by atoms with E-state index in [1.54, 1.807) is 37.6 Å². The Labute approximate surface area is 328 Å². The Hall–Kier alpha value is -5.57. The molecule has 0 saturated carbocycles. The number of amides is 1. The van der Waals surface area contributed by atoms with Crippen LogP contribution in [0.1, 0.15) is 28.8 Å². The molecule has 2 aliphatic rings. The lowest BCUT2D eigenvalue weighted by Crippen LogP contribution is -2.51.